The summed E-state index contributed by atoms with van der Waals surface area (Å²) in [5, 5.41) is 2.54. The largest absolute Gasteiger partial charge is 0.309 e. The lowest BCUT2D eigenvalue weighted by molar-refractivity contribution is 1.30. The molecule has 0 saturated carbocycles. The monoisotopic (exact) mass is 731 g/mol. The molecule has 0 aliphatic rings. The van der Waals surface area contributed by atoms with Crippen molar-refractivity contribution in [2.45, 2.75) is 0 Å². The third kappa shape index (κ3) is 6.17. The Balaban J connectivity index is 1.23. The van der Waals surface area contributed by atoms with Crippen molar-refractivity contribution < 1.29 is 0 Å². The second-order valence-electron chi connectivity index (χ2n) is 14.1. The van der Waals surface area contributed by atoms with E-state index < -0.39 is 0 Å². The molecule has 1 nitrogen and oxygen atoms in total. The second-order valence-corrected chi connectivity index (χ2v) is 15.1. The van der Waals surface area contributed by atoms with Crippen molar-refractivity contribution in [3.8, 4) is 55.6 Å². The Morgan fingerprint density at radius 2 is 0.804 bits per heavy atom. The number of rotatable bonds is 8. The fourth-order valence-corrected chi connectivity index (χ4v) is 9.23. The van der Waals surface area contributed by atoms with Crippen LogP contribution in [-0.2, 0) is 0 Å². The van der Waals surface area contributed by atoms with E-state index in [9.17, 15) is 0 Å². The molecular formula is C54H37NS. The van der Waals surface area contributed by atoms with Crippen molar-refractivity contribution in [3.63, 3.8) is 0 Å². The standard InChI is InChI=1S/C54H37NS/c1-5-17-38(18-6-1)39-31-34-44(35-32-39)55(50-28-16-30-52-54(50)47-25-13-14-29-51(47)56-52)49-36-33-43(37-48(49)41-21-9-3-10-22-41)46-27-15-26-45(40-19-7-2-8-20-40)53(46)42-23-11-4-12-24-42/h1-37H. The fourth-order valence-electron chi connectivity index (χ4n) is 8.10. The minimum Gasteiger partial charge on any atom is -0.309 e. The molecule has 56 heavy (non-hydrogen) atoms. The smallest absolute Gasteiger partial charge is 0.0555 e. The zero-order valence-corrected chi connectivity index (χ0v) is 31.5. The summed E-state index contributed by atoms with van der Waals surface area (Å²) in [4.78, 5) is 2.47. The summed E-state index contributed by atoms with van der Waals surface area (Å²) >= 11 is 1.86. The maximum absolute atomic E-state index is 2.47. The number of benzene rings is 9. The number of nitrogens with zero attached hydrogens (tertiary/aromatic N) is 1. The van der Waals surface area contributed by atoms with Crippen molar-refractivity contribution in [1.82, 2.24) is 0 Å². The highest BCUT2D eigenvalue weighted by Crippen LogP contribution is 2.49. The van der Waals surface area contributed by atoms with Gasteiger partial charge in [-0.05, 0) is 92.5 Å². The Kier molecular flexibility index (Phi) is 8.79. The van der Waals surface area contributed by atoms with Gasteiger partial charge in [-0.15, -0.1) is 11.3 Å². The second kappa shape index (κ2) is 14.7. The molecule has 0 spiro atoms. The van der Waals surface area contributed by atoms with Gasteiger partial charge in [0.05, 0.1) is 11.4 Å². The Morgan fingerprint density at radius 3 is 1.48 bits per heavy atom. The number of fused-ring (bicyclic) bond motifs is 3. The molecule has 0 atom stereocenters. The molecule has 0 radical (unpaired) electrons. The van der Waals surface area contributed by atoms with Crippen molar-refractivity contribution in [2.24, 2.45) is 0 Å². The molecule has 10 aromatic rings. The predicted octanol–water partition coefficient (Wildman–Crippen LogP) is 15.9. The van der Waals surface area contributed by atoms with E-state index in [1.54, 1.807) is 0 Å². The summed E-state index contributed by atoms with van der Waals surface area (Å²) in [6.07, 6.45) is 0. The molecular weight excluding hydrogens is 695 g/mol. The van der Waals surface area contributed by atoms with Gasteiger partial charge in [0.1, 0.15) is 0 Å². The average Bonchev–Trinajstić information content (AvgIpc) is 3.67. The van der Waals surface area contributed by atoms with Gasteiger partial charge in [-0.2, -0.15) is 0 Å². The minimum atomic E-state index is 1.11. The molecule has 1 heterocycles. The van der Waals surface area contributed by atoms with Gasteiger partial charge in [-0.1, -0.05) is 182 Å². The van der Waals surface area contributed by atoms with Crippen molar-refractivity contribution in [1.29, 1.82) is 0 Å². The number of hydrogen-bond acceptors (Lipinski definition) is 2. The van der Waals surface area contributed by atoms with E-state index >= 15 is 0 Å². The molecule has 0 saturated heterocycles. The van der Waals surface area contributed by atoms with Gasteiger partial charge in [-0.25, -0.2) is 0 Å². The van der Waals surface area contributed by atoms with E-state index in [0.29, 0.717) is 0 Å². The first kappa shape index (κ1) is 33.6. The normalized spacial score (nSPS) is 11.2. The van der Waals surface area contributed by atoms with Crippen LogP contribution in [0.15, 0.2) is 224 Å². The summed E-state index contributed by atoms with van der Waals surface area (Å²) < 4.78 is 2.57. The molecule has 0 aliphatic carbocycles. The average molecular weight is 732 g/mol. The van der Waals surface area contributed by atoms with Crippen LogP contribution in [0.2, 0.25) is 0 Å². The Bertz CT molecular complexity index is 2930. The summed E-state index contributed by atoms with van der Waals surface area (Å²) in [6, 6.07) is 81.4. The van der Waals surface area contributed by atoms with Crippen LogP contribution in [0.3, 0.4) is 0 Å². The molecule has 2 heteroatoms. The highest BCUT2D eigenvalue weighted by molar-refractivity contribution is 7.26. The van der Waals surface area contributed by atoms with Crippen LogP contribution < -0.4 is 4.90 Å². The molecule has 9 aromatic carbocycles. The maximum atomic E-state index is 2.47. The van der Waals surface area contributed by atoms with Gasteiger partial charge in [-0.3, -0.25) is 0 Å². The van der Waals surface area contributed by atoms with Crippen LogP contribution in [-0.4, -0.2) is 0 Å². The molecule has 0 fully saturated rings. The molecule has 264 valence electrons. The van der Waals surface area contributed by atoms with Crippen molar-refractivity contribution in [3.05, 3.63) is 224 Å². The Morgan fingerprint density at radius 1 is 0.304 bits per heavy atom. The number of hydrogen-bond donors (Lipinski definition) is 0. The maximum Gasteiger partial charge on any atom is 0.0555 e. The molecule has 0 amide bonds. The third-order valence-corrected chi connectivity index (χ3v) is 11.8. The van der Waals surface area contributed by atoms with Gasteiger partial charge in [0.15, 0.2) is 0 Å². The lowest BCUT2D eigenvalue weighted by Crippen LogP contribution is -2.12. The summed E-state index contributed by atoms with van der Waals surface area (Å²) in [6.45, 7) is 0. The quantitative estimate of drug-likeness (QED) is 0.150. The van der Waals surface area contributed by atoms with E-state index in [-0.39, 0.29) is 0 Å². The van der Waals surface area contributed by atoms with Gasteiger partial charge < -0.3 is 4.90 Å². The first-order chi connectivity index (χ1) is 27.8. The molecule has 0 unspecified atom stereocenters. The van der Waals surface area contributed by atoms with E-state index in [1.807, 2.05) is 11.3 Å². The summed E-state index contributed by atoms with van der Waals surface area (Å²) in [5.74, 6) is 0. The number of thiophene rings is 1. The molecule has 0 aliphatic heterocycles. The topological polar surface area (TPSA) is 3.24 Å². The van der Waals surface area contributed by atoms with Gasteiger partial charge in [0, 0.05) is 31.4 Å². The van der Waals surface area contributed by atoms with Crippen LogP contribution in [0.5, 0.6) is 0 Å². The van der Waals surface area contributed by atoms with Gasteiger partial charge >= 0.3 is 0 Å². The summed E-state index contributed by atoms with van der Waals surface area (Å²) in [5.41, 5.74) is 15.3. The van der Waals surface area contributed by atoms with E-state index in [1.165, 1.54) is 64.7 Å². The van der Waals surface area contributed by atoms with Crippen LogP contribution in [0.25, 0.3) is 75.8 Å². The first-order valence-electron chi connectivity index (χ1n) is 19.1. The van der Waals surface area contributed by atoms with E-state index in [4.69, 9.17) is 0 Å². The molecule has 0 bridgehead atoms. The van der Waals surface area contributed by atoms with Crippen LogP contribution in [0.1, 0.15) is 0 Å². The number of anilines is 3. The van der Waals surface area contributed by atoms with E-state index in [2.05, 4.69) is 229 Å². The molecule has 10 rings (SSSR count). The molecule has 0 N–H and O–H groups in total. The minimum absolute atomic E-state index is 1.11. The molecule has 1 aromatic heterocycles. The summed E-state index contributed by atoms with van der Waals surface area (Å²) in [7, 11) is 0. The van der Waals surface area contributed by atoms with Crippen LogP contribution in [0, 0.1) is 0 Å². The predicted molar refractivity (Wildman–Crippen MR) is 241 cm³/mol. The highest BCUT2D eigenvalue weighted by Gasteiger charge is 2.23. The van der Waals surface area contributed by atoms with Gasteiger partial charge in [0.25, 0.3) is 0 Å². The van der Waals surface area contributed by atoms with Crippen LogP contribution in [0.4, 0.5) is 17.1 Å². The first-order valence-corrected chi connectivity index (χ1v) is 19.9. The van der Waals surface area contributed by atoms with Crippen molar-refractivity contribution in [2.75, 3.05) is 4.90 Å². The van der Waals surface area contributed by atoms with Gasteiger partial charge in [0.2, 0.25) is 0 Å². The zero-order chi connectivity index (χ0) is 37.3. The Hall–Kier alpha value is -7.00. The SMILES string of the molecule is c1ccc(-c2ccc(N(c3ccc(-c4cccc(-c5ccccc5)c4-c4ccccc4)cc3-c3ccccc3)c3cccc4sc5ccccc5c34)cc2)cc1. The third-order valence-electron chi connectivity index (χ3n) is 10.7. The zero-order valence-electron chi connectivity index (χ0n) is 30.7. The lowest BCUT2D eigenvalue weighted by Gasteiger charge is -2.29. The van der Waals surface area contributed by atoms with Crippen LogP contribution >= 0.6 is 11.3 Å². The lowest BCUT2D eigenvalue weighted by atomic mass is 9.86. The highest BCUT2D eigenvalue weighted by atomic mass is 32.1. The fraction of sp³-hybridized carbons (Fsp3) is 0. The Labute approximate surface area is 332 Å². The van der Waals surface area contributed by atoms with E-state index in [0.717, 1.165) is 28.2 Å². The van der Waals surface area contributed by atoms with Crippen molar-refractivity contribution >= 4 is 48.6 Å².